The summed E-state index contributed by atoms with van der Waals surface area (Å²) < 4.78 is 10.3. The molecular weight excluding hydrogens is 240 g/mol. The highest BCUT2D eigenvalue weighted by molar-refractivity contribution is 5.57. The minimum atomic E-state index is -0.146. The summed E-state index contributed by atoms with van der Waals surface area (Å²) in [4.78, 5) is 2.47. The highest BCUT2D eigenvalue weighted by Gasteiger charge is 2.17. The Kier molecular flexibility index (Phi) is 5.63. The van der Waals surface area contributed by atoms with Crippen LogP contribution in [-0.4, -0.2) is 46.7 Å². The van der Waals surface area contributed by atoms with E-state index >= 15 is 0 Å². The van der Waals surface area contributed by atoms with E-state index < -0.39 is 0 Å². The third kappa shape index (κ3) is 3.93. The largest absolute Gasteiger partial charge is 0.371 e. The van der Waals surface area contributed by atoms with Crippen molar-refractivity contribution in [2.75, 3.05) is 45.3 Å². The number of ether oxygens (including phenoxy) is 2. The molecule has 0 saturated carbocycles. The van der Waals surface area contributed by atoms with Gasteiger partial charge in [-0.3, -0.25) is 0 Å². The van der Waals surface area contributed by atoms with Crippen molar-refractivity contribution in [2.24, 2.45) is 0 Å². The summed E-state index contributed by atoms with van der Waals surface area (Å²) in [6, 6.07) is 8.70. The van der Waals surface area contributed by atoms with Crippen LogP contribution in [0.4, 0.5) is 5.69 Å². The fourth-order valence-electron chi connectivity index (χ4n) is 2.52. The Balaban J connectivity index is 1.65. The van der Waals surface area contributed by atoms with Gasteiger partial charge in [-0.1, -0.05) is 18.2 Å². The second kappa shape index (κ2) is 7.48. The zero-order valence-corrected chi connectivity index (χ0v) is 11.9. The van der Waals surface area contributed by atoms with Gasteiger partial charge in [0.1, 0.15) is 0 Å². The van der Waals surface area contributed by atoms with Gasteiger partial charge in [0.05, 0.1) is 0 Å². The Labute approximate surface area is 115 Å². The predicted octanol–water partition coefficient (Wildman–Crippen LogP) is 1.65. The van der Waals surface area contributed by atoms with E-state index in [0.717, 1.165) is 32.6 Å². The van der Waals surface area contributed by atoms with Gasteiger partial charge in [-0.25, -0.2) is 0 Å². The average Bonchev–Trinajstić information content (AvgIpc) is 2.86. The monoisotopic (exact) mass is 264 g/mol. The van der Waals surface area contributed by atoms with Gasteiger partial charge in [0.2, 0.25) is 0 Å². The minimum Gasteiger partial charge on any atom is -0.371 e. The molecule has 2 rings (SSSR count). The quantitative estimate of drug-likeness (QED) is 0.572. The van der Waals surface area contributed by atoms with E-state index in [1.54, 1.807) is 14.2 Å². The normalized spacial score (nSPS) is 14.2. The predicted molar refractivity (Wildman–Crippen MR) is 77.7 cm³/mol. The molecule has 1 aliphatic rings. The van der Waals surface area contributed by atoms with E-state index in [4.69, 9.17) is 9.47 Å². The molecule has 0 aromatic heterocycles. The van der Waals surface area contributed by atoms with Crippen molar-refractivity contribution in [1.82, 2.24) is 5.32 Å². The van der Waals surface area contributed by atoms with E-state index in [0.29, 0.717) is 0 Å². The average molecular weight is 264 g/mol. The SMILES string of the molecule is COC(CNCCCN1CCc2ccccc21)OC. The number of anilines is 1. The fourth-order valence-corrected chi connectivity index (χ4v) is 2.52. The lowest BCUT2D eigenvalue weighted by Crippen LogP contribution is -2.32. The number of hydrogen-bond donors (Lipinski definition) is 1. The molecular formula is C15H24N2O2. The number of benzene rings is 1. The van der Waals surface area contributed by atoms with E-state index in [-0.39, 0.29) is 6.29 Å². The van der Waals surface area contributed by atoms with Gasteiger partial charge in [-0.2, -0.15) is 0 Å². The number of fused-ring (bicyclic) bond motifs is 1. The summed E-state index contributed by atoms with van der Waals surface area (Å²) in [5.74, 6) is 0. The van der Waals surface area contributed by atoms with Crippen LogP contribution < -0.4 is 10.2 Å². The fraction of sp³-hybridized carbons (Fsp3) is 0.600. The van der Waals surface area contributed by atoms with Gasteiger partial charge in [0, 0.05) is 39.5 Å². The third-order valence-corrected chi connectivity index (χ3v) is 3.60. The summed E-state index contributed by atoms with van der Waals surface area (Å²) >= 11 is 0. The molecule has 0 saturated heterocycles. The molecule has 0 bridgehead atoms. The van der Waals surface area contributed by atoms with Crippen LogP contribution in [0.1, 0.15) is 12.0 Å². The molecule has 0 unspecified atom stereocenters. The first-order valence-electron chi connectivity index (χ1n) is 6.94. The summed E-state index contributed by atoms with van der Waals surface area (Å²) in [7, 11) is 3.33. The second-order valence-electron chi connectivity index (χ2n) is 4.82. The van der Waals surface area contributed by atoms with Crippen LogP contribution in [0, 0.1) is 0 Å². The van der Waals surface area contributed by atoms with Gasteiger partial charge in [0.15, 0.2) is 6.29 Å². The van der Waals surface area contributed by atoms with E-state index in [2.05, 4.69) is 34.5 Å². The summed E-state index contributed by atoms with van der Waals surface area (Å²) in [6.07, 6.45) is 2.17. The maximum atomic E-state index is 5.13. The molecule has 1 N–H and O–H groups in total. The Hall–Kier alpha value is -1.10. The summed E-state index contributed by atoms with van der Waals surface area (Å²) in [5.41, 5.74) is 2.89. The zero-order chi connectivity index (χ0) is 13.5. The van der Waals surface area contributed by atoms with Crippen LogP contribution in [0.25, 0.3) is 0 Å². The highest BCUT2D eigenvalue weighted by atomic mass is 16.7. The number of hydrogen-bond acceptors (Lipinski definition) is 4. The van der Waals surface area contributed by atoms with Gasteiger partial charge in [-0.05, 0) is 31.0 Å². The van der Waals surface area contributed by atoms with E-state index in [9.17, 15) is 0 Å². The van der Waals surface area contributed by atoms with Gasteiger partial charge >= 0.3 is 0 Å². The molecule has 0 atom stereocenters. The molecule has 1 aliphatic heterocycles. The van der Waals surface area contributed by atoms with Crippen LogP contribution in [0.5, 0.6) is 0 Å². The first-order chi connectivity index (χ1) is 9.35. The smallest absolute Gasteiger partial charge is 0.169 e. The molecule has 0 amide bonds. The topological polar surface area (TPSA) is 33.7 Å². The second-order valence-corrected chi connectivity index (χ2v) is 4.82. The minimum absolute atomic E-state index is 0.146. The molecule has 1 heterocycles. The molecule has 1 aromatic rings. The van der Waals surface area contributed by atoms with Crippen molar-refractivity contribution < 1.29 is 9.47 Å². The molecule has 106 valence electrons. The molecule has 0 fully saturated rings. The number of nitrogens with one attached hydrogen (secondary N) is 1. The van der Waals surface area contributed by atoms with Crippen LogP contribution >= 0.6 is 0 Å². The Bertz CT molecular complexity index is 380. The standard InChI is InChI=1S/C15H24N2O2/c1-18-15(19-2)12-16-9-5-10-17-11-8-13-6-3-4-7-14(13)17/h3-4,6-7,15-16H,5,8-12H2,1-2H3. The van der Waals surface area contributed by atoms with Crippen molar-refractivity contribution in [2.45, 2.75) is 19.1 Å². The lowest BCUT2D eigenvalue weighted by molar-refractivity contribution is -0.0986. The number of rotatable bonds is 8. The van der Waals surface area contributed by atoms with Gasteiger partial charge < -0.3 is 19.7 Å². The molecule has 0 aliphatic carbocycles. The Morgan fingerprint density at radius 2 is 2.05 bits per heavy atom. The van der Waals surface area contributed by atoms with E-state index in [1.807, 2.05) is 0 Å². The zero-order valence-electron chi connectivity index (χ0n) is 11.9. The first-order valence-corrected chi connectivity index (χ1v) is 6.94. The van der Waals surface area contributed by atoms with Crippen LogP contribution in [-0.2, 0) is 15.9 Å². The maximum absolute atomic E-state index is 5.13. The van der Waals surface area contributed by atoms with Gasteiger partial charge in [-0.15, -0.1) is 0 Å². The molecule has 4 heteroatoms. The third-order valence-electron chi connectivity index (χ3n) is 3.60. The number of para-hydroxylation sites is 1. The molecule has 0 radical (unpaired) electrons. The molecule has 4 nitrogen and oxygen atoms in total. The maximum Gasteiger partial charge on any atom is 0.169 e. The van der Waals surface area contributed by atoms with Gasteiger partial charge in [0.25, 0.3) is 0 Å². The molecule has 19 heavy (non-hydrogen) atoms. The summed E-state index contributed by atoms with van der Waals surface area (Å²) in [5, 5.41) is 3.36. The molecule has 1 aromatic carbocycles. The van der Waals surface area contributed by atoms with Crippen molar-refractivity contribution >= 4 is 5.69 Å². The lowest BCUT2D eigenvalue weighted by atomic mass is 10.2. The Morgan fingerprint density at radius 1 is 1.26 bits per heavy atom. The Morgan fingerprint density at radius 3 is 2.84 bits per heavy atom. The van der Waals surface area contributed by atoms with Crippen molar-refractivity contribution in [3.8, 4) is 0 Å². The van der Waals surface area contributed by atoms with E-state index in [1.165, 1.54) is 17.7 Å². The lowest BCUT2D eigenvalue weighted by Gasteiger charge is -2.20. The van der Waals surface area contributed by atoms with Crippen LogP contribution in [0.15, 0.2) is 24.3 Å². The van der Waals surface area contributed by atoms with Crippen molar-refractivity contribution in [3.05, 3.63) is 29.8 Å². The van der Waals surface area contributed by atoms with Crippen molar-refractivity contribution in [3.63, 3.8) is 0 Å². The van der Waals surface area contributed by atoms with Crippen molar-refractivity contribution in [1.29, 1.82) is 0 Å². The number of nitrogens with zero attached hydrogens (tertiary/aromatic N) is 1. The first kappa shape index (κ1) is 14.3. The summed E-state index contributed by atoms with van der Waals surface area (Å²) in [6.45, 7) is 3.98. The highest BCUT2D eigenvalue weighted by Crippen LogP contribution is 2.27. The van der Waals surface area contributed by atoms with Crippen LogP contribution in [0.3, 0.4) is 0 Å². The molecule has 0 spiro atoms. The number of methoxy groups -OCH3 is 2. The van der Waals surface area contributed by atoms with Crippen LogP contribution in [0.2, 0.25) is 0 Å².